The molecular weight excluding hydrogens is 370 g/mol. The number of nitrogens with zero attached hydrogens (tertiary/aromatic N) is 5. The van der Waals surface area contributed by atoms with E-state index in [1.165, 1.54) is 11.0 Å². The zero-order valence-electron chi connectivity index (χ0n) is 16.7. The first-order valence-electron chi connectivity index (χ1n) is 9.11. The second-order valence-electron chi connectivity index (χ2n) is 6.82. The number of hydrogen-bond donors (Lipinski definition) is 0. The molecule has 0 amide bonds. The number of hydrogen-bond acceptors (Lipinski definition) is 6. The number of aryl methyl sites for hydroxylation is 2. The SMILES string of the molecule is COc1ccc(-n2nnc3c(=O)n(Cc4cc(C)ccc4C)cnc32)cc1OC. The van der Waals surface area contributed by atoms with E-state index < -0.39 is 0 Å². The Hall–Kier alpha value is -3.68. The predicted molar refractivity (Wildman–Crippen MR) is 109 cm³/mol. The third kappa shape index (κ3) is 3.33. The number of benzene rings is 2. The van der Waals surface area contributed by atoms with Gasteiger partial charge in [0.25, 0.3) is 5.56 Å². The molecule has 0 saturated heterocycles. The Kier molecular flexibility index (Phi) is 4.75. The van der Waals surface area contributed by atoms with Crippen LogP contribution in [-0.2, 0) is 6.54 Å². The molecule has 4 rings (SSSR count). The second kappa shape index (κ2) is 7.38. The van der Waals surface area contributed by atoms with E-state index in [9.17, 15) is 4.79 Å². The lowest BCUT2D eigenvalue weighted by molar-refractivity contribution is 0.355. The monoisotopic (exact) mass is 391 g/mol. The maximum Gasteiger partial charge on any atom is 0.283 e. The van der Waals surface area contributed by atoms with Crippen molar-refractivity contribution in [1.29, 1.82) is 0 Å². The highest BCUT2D eigenvalue weighted by atomic mass is 16.5. The molecular formula is C21H21N5O3. The van der Waals surface area contributed by atoms with Gasteiger partial charge in [0, 0.05) is 6.07 Å². The lowest BCUT2D eigenvalue weighted by Crippen LogP contribution is -2.22. The molecule has 0 spiro atoms. The van der Waals surface area contributed by atoms with Crippen LogP contribution >= 0.6 is 0 Å². The van der Waals surface area contributed by atoms with Gasteiger partial charge in [-0.3, -0.25) is 9.36 Å². The van der Waals surface area contributed by atoms with Crippen LogP contribution in [0.15, 0.2) is 47.5 Å². The predicted octanol–water partition coefficient (Wildman–Crippen LogP) is 2.66. The van der Waals surface area contributed by atoms with E-state index in [1.807, 2.05) is 13.8 Å². The molecule has 2 aromatic carbocycles. The van der Waals surface area contributed by atoms with Crippen LogP contribution in [0.5, 0.6) is 11.5 Å². The van der Waals surface area contributed by atoms with Crippen LogP contribution in [-0.4, -0.2) is 38.8 Å². The molecule has 0 aliphatic carbocycles. The largest absolute Gasteiger partial charge is 0.493 e. The molecule has 0 unspecified atom stereocenters. The normalized spacial score (nSPS) is 11.0. The summed E-state index contributed by atoms with van der Waals surface area (Å²) < 4.78 is 13.7. The first-order valence-corrected chi connectivity index (χ1v) is 9.11. The van der Waals surface area contributed by atoms with Gasteiger partial charge in [-0.25, -0.2) is 4.98 Å². The van der Waals surface area contributed by atoms with Gasteiger partial charge in [-0.05, 0) is 37.1 Å². The Morgan fingerprint density at radius 1 is 1.00 bits per heavy atom. The molecule has 2 heterocycles. The smallest absolute Gasteiger partial charge is 0.283 e. The van der Waals surface area contributed by atoms with E-state index in [4.69, 9.17) is 9.47 Å². The Bertz CT molecular complexity index is 1260. The lowest BCUT2D eigenvalue weighted by Gasteiger charge is -2.10. The summed E-state index contributed by atoms with van der Waals surface area (Å²) in [5.41, 5.74) is 4.38. The highest BCUT2D eigenvalue weighted by Gasteiger charge is 2.15. The van der Waals surface area contributed by atoms with Crippen LogP contribution in [0, 0.1) is 13.8 Å². The molecule has 0 aliphatic heterocycles. The summed E-state index contributed by atoms with van der Waals surface area (Å²) in [4.78, 5) is 17.4. The Morgan fingerprint density at radius 3 is 2.55 bits per heavy atom. The summed E-state index contributed by atoms with van der Waals surface area (Å²) in [6, 6.07) is 11.5. The van der Waals surface area contributed by atoms with Crippen molar-refractivity contribution in [1.82, 2.24) is 24.5 Å². The quantitative estimate of drug-likeness (QED) is 0.520. The van der Waals surface area contributed by atoms with Gasteiger partial charge >= 0.3 is 0 Å². The third-order valence-electron chi connectivity index (χ3n) is 4.89. The number of fused-ring (bicyclic) bond motifs is 1. The van der Waals surface area contributed by atoms with Gasteiger partial charge in [0.05, 0.1) is 26.5 Å². The summed E-state index contributed by atoms with van der Waals surface area (Å²) in [5.74, 6) is 1.15. The molecule has 4 aromatic rings. The summed E-state index contributed by atoms with van der Waals surface area (Å²) in [6.07, 6.45) is 1.53. The number of methoxy groups -OCH3 is 2. The number of ether oxygens (including phenoxy) is 2. The maximum absolute atomic E-state index is 13.0. The van der Waals surface area contributed by atoms with E-state index in [-0.39, 0.29) is 11.1 Å². The zero-order valence-corrected chi connectivity index (χ0v) is 16.7. The lowest BCUT2D eigenvalue weighted by atomic mass is 10.1. The van der Waals surface area contributed by atoms with Crippen LogP contribution in [0.2, 0.25) is 0 Å². The van der Waals surface area contributed by atoms with Crippen molar-refractivity contribution < 1.29 is 9.47 Å². The minimum absolute atomic E-state index is 0.215. The van der Waals surface area contributed by atoms with Gasteiger partial charge in [0.2, 0.25) is 0 Å². The van der Waals surface area contributed by atoms with Crippen LogP contribution in [0.1, 0.15) is 16.7 Å². The number of aromatic nitrogens is 5. The van der Waals surface area contributed by atoms with Crippen molar-refractivity contribution >= 4 is 11.2 Å². The van der Waals surface area contributed by atoms with Gasteiger partial charge in [0.15, 0.2) is 22.7 Å². The van der Waals surface area contributed by atoms with Crippen molar-refractivity contribution in [3.8, 4) is 17.2 Å². The van der Waals surface area contributed by atoms with Crippen molar-refractivity contribution in [3.05, 3.63) is 69.8 Å². The van der Waals surface area contributed by atoms with Crippen LogP contribution in [0.25, 0.3) is 16.9 Å². The van der Waals surface area contributed by atoms with Crippen LogP contribution in [0.3, 0.4) is 0 Å². The Labute approximate surface area is 167 Å². The Balaban J connectivity index is 1.77. The van der Waals surface area contributed by atoms with Crippen molar-refractivity contribution in [2.75, 3.05) is 14.2 Å². The highest BCUT2D eigenvalue weighted by molar-refractivity contribution is 5.70. The molecule has 0 saturated carbocycles. The summed E-state index contributed by atoms with van der Waals surface area (Å²) >= 11 is 0. The van der Waals surface area contributed by atoms with E-state index in [0.29, 0.717) is 29.4 Å². The fourth-order valence-electron chi connectivity index (χ4n) is 3.24. The molecule has 8 nitrogen and oxygen atoms in total. The van der Waals surface area contributed by atoms with E-state index in [2.05, 4.69) is 33.5 Å². The van der Waals surface area contributed by atoms with E-state index in [1.54, 1.807) is 37.0 Å². The fourth-order valence-corrected chi connectivity index (χ4v) is 3.24. The first kappa shape index (κ1) is 18.7. The van der Waals surface area contributed by atoms with E-state index in [0.717, 1.165) is 16.7 Å². The molecule has 0 bridgehead atoms. The van der Waals surface area contributed by atoms with Crippen molar-refractivity contribution in [2.24, 2.45) is 0 Å². The topological polar surface area (TPSA) is 84.1 Å². The minimum atomic E-state index is -0.234. The molecule has 8 heteroatoms. The molecule has 2 aromatic heterocycles. The average molecular weight is 391 g/mol. The first-order chi connectivity index (χ1) is 14.0. The number of rotatable bonds is 5. The molecule has 0 radical (unpaired) electrons. The molecule has 0 aliphatic rings. The fraction of sp³-hybridized carbons (Fsp3) is 0.238. The van der Waals surface area contributed by atoms with Crippen LogP contribution < -0.4 is 15.0 Å². The van der Waals surface area contributed by atoms with E-state index >= 15 is 0 Å². The molecule has 0 N–H and O–H groups in total. The maximum atomic E-state index is 13.0. The summed E-state index contributed by atoms with van der Waals surface area (Å²) in [6.45, 7) is 4.49. The summed E-state index contributed by atoms with van der Waals surface area (Å²) in [7, 11) is 3.13. The second-order valence-corrected chi connectivity index (χ2v) is 6.82. The van der Waals surface area contributed by atoms with Gasteiger partial charge in [-0.1, -0.05) is 29.0 Å². The van der Waals surface area contributed by atoms with Crippen molar-refractivity contribution in [3.63, 3.8) is 0 Å². The molecule has 0 fully saturated rings. The third-order valence-corrected chi connectivity index (χ3v) is 4.89. The highest BCUT2D eigenvalue weighted by Crippen LogP contribution is 2.29. The van der Waals surface area contributed by atoms with Gasteiger partial charge in [-0.15, -0.1) is 5.10 Å². The van der Waals surface area contributed by atoms with Crippen LogP contribution in [0.4, 0.5) is 0 Å². The zero-order chi connectivity index (χ0) is 20.5. The average Bonchev–Trinajstić information content (AvgIpc) is 3.17. The van der Waals surface area contributed by atoms with Gasteiger partial charge < -0.3 is 9.47 Å². The van der Waals surface area contributed by atoms with Crippen molar-refractivity contribution in [2.45, 2.75) is 20.4 Å². The minimum Gasteiger partial charge on any atom is -0.493 e. The Morgan fingerprint density at radius 2 is 1.79 bits per heavy atom. The molecule has 148 valence electrons. The molecule has 0 atom stereocenters. The summed E-state index contributed by atoms with van der Waals surface area (Å²) in [5, 5.41) is 8.21. The standard InChI is InChI=1S/C21H21N5O3/c1-13-5-6-14(2)15(9-13)11-25-12-22-20-19(21(25)27)23-24-26(20)16-7-8-17(28-3)18(10-16)29-4/h5-10,12H,11H2,1-4H3. The van der Waals surface area contributed by atoms with Gasteiger partial charge in [-0.2, -0.15) is 4.68 Å². The molecule has 29 heavy (non-hydrogen) atoms. The van der Waals surface area contributed by atoms with Gasteiger partial charge in [0.1, 0.15) is 6.33 Å².